The van der Waals surface area contributed by atoms with Crippen molar-refractivity contribution in [3.63, 3.8) is 0 Å². The molecule has 1 rings (SSSR count). The van der Waals surface area contributed by atoms with E-state index >= 15 is 0 Å². The number of esters is 1. The van der Waals surface area contributed by atoms with Crippen LogP contribution >= 0.6 is 22.6 Å². The molecular weight excluding hydrogens is 338 g/mol. The van der Waals surface area contributed by atoms with Gasteiger partial charge in [-0.3, -0.25) is 9.78 Å². The molecule has 1 aromatic rings. The summed E-state index contributed by atoms with van der Waals surface area (Å²) in [6, 6.07) is 0. The van der Waals surface area contributed by atoms with Gasteiger partial charge in [0.05, 0.1) is 17.1 Å². The fraction of sp³-hybridized carbons (Fsp3) is 0.333. The average molecular weight is 345 g/mol. The SMILES string of the molecule is COC(=O)Cc1cnc(C(F)F)c(F)c1I. The highest BCUT2D eigenvalue weighted by Gasteiger charge is 2.20. The number of halogens is 4. The normalized spacial score (nSPS) is 10.6. The first-order valence-electron chi connectivity index (χ1n) is 4.15. The summed E-state index contributed by atoms with van der Waals surface area (Å²) in [5.41, 5.74) is -0.674. The predicted molar refractivity (Wildman–Crippen MR) is 57.6 cm³/mol. The van der Waals surface area contributed by atoms with Crippen molar-refractivity contribution in [2.75, 3.05) is 7.11 Å². The second kappa shape index (κ2) is 5.46. The van der Waals surface area contributed by atoms with E-state index in [1.165, 1.54) is 7.11 Å². The third kappa shape index (κ3) is 2.83. The minimum Gasteiger partial charge on any atom is -0.469 e. The van der Waals surface area contributed by atoms with Crippen LogP contribution in [0, 0.1) is 9.39 Å². The van der Waals surface area contributed by atoms with Crippen molar-refractivity contribution >= 4 is 28.6 Å². The van der Waals surface area contributed by atoms with E-state index in [9.17, 15) is 18.0 Å². The molecule has 0 radical (unpaired) electrons. The molecule has 0 saturated heterocycles. The number of hydrogen-bond donors (Lipinski definition) is 0. The summed E-state index contributed by atoms with van der Waals surface area (Å²) < 4.78 is 42.3. The second-order valence-corrected chi connectivity index (χ2v) is 3.93. The van der Waals surface area contributed by atoms with E-state index in [1.807, 2.05) is 0 Å². The van der Waals surface area contributed by atoms with E-state index in [-0.39, 0.29) is 15.6 Å². The molecule has 0 aromatic carbocycles. The largest absolute Gasteiger partial charge is 0.469 e. The molecule has 1 aromatic heterocycles. The zero-order chi connectivity index (χ0) is 12.3. The lowest BCUT2D eigenvalue weighted by Gasteiger charge is -2.07. The van der Waals surface area contributed by atoms with Crippen molar-refractivity contribution in [1.29, 1.82) is 0 Å². The first-order valence-corrected chi connectivity index (χ1v) is 5.23. The molecule has 0 spiro atoms. The molecule has 0 N–H and O–H groups in total. The number of carbonyl (C=O) groups excluding carboxylic acids is 1. The van der Waals surface area contributed by atoms with Crippen LogP contribution in [0.4, 0.5) is 13.2 Å². The number of alkyl halides is 2. The monoisotopic (exact) mass is 345 g/mol. The Kier molecular flexibility index (Phi) is 4.51. The molecule has 88 valence electrons. The number of rotatable bonds is 3. The Morgan fingerprint density at radius 3 is 2.75 bits per heavy atom. The van der Waals surface area contributed by atoms with Crippen molar-refractivity contribution in [2.45, 2.75) is 12.8 Å². The topological polar surface area (TPSA) is 39.2 Å². The smallest absolute Gasteiger partial charge is 0.310 e. The van der Waals surface area contributed by atoms with E-state index in [4.69, 9.17) is 0 Å². The van der Waals surface area contributed by atoms with Gasteiger partial charge in [0.25, 0.3) is 6.43 Å². The minimum absolute atomic E-state index is 0.0340. The number of ether oxygens (including phenoxy) is 1. The molecule has 0 saturated carbocycles. The van der Waals surface area contributed by atoms with E-state index in [0.717, 1.165) is 6.20 Å². The van der Waals surface area contributed by atoms with Crippen molar-refractivity contribution in [1.82, 2.24) is 4.98 Å². The number of pyridine rings is 1. The van der Waals surface area contributed by atoms with E-state index in [2.05, 4.69) is 9.72 Å². The molecule has 3 nitrogen and oxygen atoms in total. The summed E-state index contributed by atoms with van der Waals surface area (Å²) in [6.07, 6.45) is -2.11. The molecule has 0 unspecified atom stereocenters. The Labute approximate surface area is 103 Å². The van der Waals surface area contributed by atoms with Crippen molar-refractivity contribution in [3.05, 3.63) is 26.8 Å². The lowest BCUT2D eigenvalue weighted by atomic mass is 10.2. The molecule has 0 bridgehead atoms. The Hall–Kier alpha value is -0.860. The van der Waals surface area contributed by atoms with E-state index < -0.39 is 23.9 Å². The van der Waals surface area contributed by atoms with Crippen LogP contribution in [-0.2, 0) is 16.0 Å². The van der Waals surface area contributed by atoms with Gasteiger partial charge in [0.2, 0.25) is 0 Å². The summed E-state index contributed by atoms with van der Waals surface area (Å²) >= 11 is 1.56. The van der Waals surface area contributed by atoms with Gasteiger partial charge in [0, 0.05) is 6.20 Å². The molecule has 0 aliphatic carbocycles. The maximum Gasteiger partial charge on any atom is 0.310 e. The Morgan fingerprint density at radius 1 is 1.62 bits per heavy atom. The fourth-order valence-corrected chi connectivity index (χ4v) is 1.62. The van der Waals surface area contributed by atoms with Gasteiger partial charge >= 0.3 is 5.97 Å². The number of aromatic nitrogens is 1. The fourth-order valence-electron chi connectivity index (χ4n) is 1.02. The first-order chi connectivity index (χ1) is 7.47. The highest BCUT2D eigenvalue weighted by Crippen LogP contribution is 2.25. The number of carbonyl (C=O) groups is 1. The van der Waals surface area contributed by atoms with Crippen molar-refractivity contribution in [3.8, 4) is 0 Å². The molecule has 0 amide bonds. The number of hydrogen-bond acceptors (Lipinski definition) is 3. The summed E-state index contributed by atoms with van der Waals surface area (Å²) in [5.74, 6) is -1.67. The van der Waals surface area contributed by atoms with Gasteiger partial charge in [-0.25, -0.2) is 13.2 Å². The molecule has 16 heavy (non-hydrogen) atoms. The molecule has 0 atom stereocenters. The van der Waals surface area contributed by atoms with Crippen molar-refractivity contribution < 1.29 is 22.7 Å². The zero-order valence-electron chi connectivity index (χ0n) is 8.14. The lowest BCUT2D eigenvalue weighted by molar-refractivity contribution is -0.139. The van der Waals surface area contributed by atoms with E-state index in [1.54, 1.807) is 22.6 Å². The highest BCUT2D eigenvalue weighted by atomic mass is 127. The first kappa shape index (κ1) is 13.2. The molecule has 0 aliphatic rings. The van der Waals surface area contributed by atoms with Crippen LogP contribution in [0.1, 0.15) is 17.7 Å². The third-order valence-corrected chi connectivity index (χ3v) is 2.99. The summed E-state index contributed by atoms with van der Waals surface area (Å²) in [7, 11) is 1.19. The van der Waals surface area contributed by atoms with Crippen LogP contribution in [0.15, 0.2) is 6.20 Å². The van der Waals surface area contributed by atoms with Gasteiger partial charge in [-0.05, 0) is 28.2 Å². The predicted octanol–water partition coefficient (Wildman–Crippen LogP) is 2.48. The Morgan fingerprint density at radius 2 is 2.25 bits per heavy atom. The third-order valence-electron chi connectivity index (χ3n) is 1.83. The van der Waals surface area contributed by atoms with Gasteiger partial charge in [-0.15, -0.1) is 0 Å². The van der Waals surface area contributed by atoms with Gasteiger partial charge in [-0.2, -0.15) is 0 Å². The number of nitrogens with zero attached hydrogens (tertiary/aromatic N) is 1. The summed E-state index contributed by atoms with van der Waals surface area (Å²) in [5, 5.41) is 0. The molecular formula is C9H7F3INO2. The lowest BCUT2D eigenvalue weighted by Crippen LogP contribution is -2.09. The second-order valence-electron chi connectivity index (χ2n) is 2.85. The van der Waals surface area contributed by atoms with Crippen LogP contribution in [-0.4, -0.2) is 18.1 Å². The highest BCUT2D eigenvalue weighted by molar-refractivity contribution is 14.1. The average Bonchev–Trinajstić information content (AvgIpc) is 2.24. The Balaban J connectivity index is 3.07. The van der Waals surface area contributed by atoms with Crippen LogP contribution in [0.5, 0.6) is 0 Å². The number of methoxy groups -OCH3 is 1. The molecule has 0 aliphatic heterocycles. The van der Waals surface area contributed by atoms with E-state index in [0.29, 0.717) is 0 Å². The van der Waals surface area contributed by atoms with Crippen LogP contribution < -0.4 is 0 Å². The standard InChI is InChI=1S/C9H7F3INO2/c1-16-5(15)2-4-3-14-8(9(11)12)6(10)7(4)13/h3,9H,2H2,1H3. The van der Waals surface area contributed by atoms with Gasteiger partial charge < -0.3 is 4.74 Å². The summed E-state index contributed by atoms with van der Waals surface area (Å²) in [4.78, 5) is 14.2. The maximum atomic E-state index is 13.4. The van der Waals surface area contributed by atoms with Crippen LogP contribution in [0.25, 0.3) is 0 Å². The zero-order valence-corrected chi connectivity index (χ0v) is 10.3. The molecule has 0 fully saturated rings. The molecule has 7 heteroatoms. The van der Waals surface area contributed by atoms with Crippen LogP contribution in [0.2, 0.25) is 0 Å². The minimum atomic E-state index is -2.97. The quantitative estimate of drug-likeness (QED) is 0.624. The van der Waals surface area contributed by atoms with Crippen LogP contribution in [0.3, 0.4) is 0 Å². The maximum absolute atomic E-state index is 13.4. The van der Waals surface area contributed by atoms with Gasteiger partial charge in [0.1, 0.15) is 5.69 Å². The summed E-state index contributed by atoms with van der Waals surface area (Å²) in [6.45, 7) is 0. The Bertz CT molecular complexity index is 412. The van der Waals surface area contributed by atoms with Crippen molar-refractivity contribution in [2.24, 2.45) is 0 Å². The van der Waals surface area contributed by atoms with Gasteiger partial charge in [0.15, 0.2) is 5.82 Å². The van der Waals surface area contributed by atoms with Gasteiger partial charge in [-0.1, -0.05) is 0 Å². The molecule has 1 heterocycles.